The van der Waals surface area contributed by atoms with E-state index < -0.39 is 0 Å². The molecule has 5 nitrogen and oxygen atoms in total. The summed E-state index contributed by atoms with van der Waals surface area (Å²) in [6.07, 6.45) is 5.23. The number of aryl methyl sites for hydroxylation is 2. The Morgan fingerprint density at radius 2 is 2.18 bits per heavy atom. The quantitative estimate of drug-likeness (QED) is 0.883. The summed E-state index contributed by atoms with van der Waals surface area (Å²) >= 11 is 1.61. The number of aromatic nitrogens is 2. The van der Waals surface area contributed by atoms with Gasteiger partial charge in [0.2, 0.25) is 0 Å². The van der Waals surface area contributed by atoms with Crippen molar-refractivity contribution >= 4 is 27.5 Å². The number of ether oxygens (including phenoxy) is 1. The molecule has 1 N–H and O–H groups in total. The summed E-state index contributed by atoms with van der Waals surface area (Å²) in [5, 5.41) is 0.741. The predicted molar refractivity (Wildman–Crippen MR) is 83.9 cm³/mol. The summed E-state index contributed by atoms with van der Waals surface area (Å²) in [5.74, 6) is 0.717. The van der Waals surface area contributed by atoms with Gasteiger partial charge in [0.15, 0.2) is 0 Å². The molecule has 0 radical (unpaired) electrons. The van der Waals surface area contributed by atoms with Gasteiger partial charge in [-0.2, -0.15) is 0 Å². The second-order valence-corrected chi connectivity index (χ2v) is 7.41. The van der Waals surface area contributed by atoms with Crippen LogP contribution in [0.25, 0.3) is 10.2 Å². The zero-order valence-corrected chi connectivity index (χ0v) is 13.3. The normalized spacial score (nSPS) is 23.3. The minimum absolute atomic E-state index is 0.0319. The number of hydrogen-bond acceptors (Lipinski definition) is 5. The van der Waals surface area contributed by atoms with Crippen LogP contribution in [0.15, 0.2) is 4.79 Å². The van der Waals surface area contributed by atoms with Gasteiger partial charge in [-0.1, -0.05) is 6.92 Å². The lowest BCUT2D eigenvalue weighted by Crippen LogP contribution is -2.15. The second kappa shape index (κ2) is 5.19. The van der Waals surface area contributed by atoms with E-state index in [4.69, 9.17) is 4.74 Å². The molecule has 0 amide bonds. The third kappa shape index (κ3) is 2.35. The lowest BCUT2D eigenvalue weighted by atomic mass is 9.97. The van der Waals surface area contributed by atoms with E-state index in [1.807, 2.05) is 6.92 Å². The number of nitrogens with one attached hydrogen (secondary N) is 1. The van der Waals surface area contributed by atoms with Crippen LogP contribution in [0.2, 0.25) is 0 Å². The molecule has 1 fully saturated rings. The fraction of sp³-hybridized carbons (Fsp3) is 0.562. The Morgan fingerprint density at radius 1 is 1.41 bits per heavy atom. The average molecular weight is 318 g/mol. The van der Waals surface area contributed by atoms with Gasteiger partial charge >= 0.3 is 5.97 Å². The Hall–Kier alpha value is -1.69. The maximum absolute atomic E-state index is 12.3. The van der Waals surface area contributed by atoms with Crippen LogP contribution in [0.5, 0.6) is 0 Å². The highest BCUT2D eigenvalue weighted by Crippen LogP contribution is 2.38. The van der Waals surface area contributed by atoms with Crippen molar-refractivity contribution in [2.24, 2.45) is 11.8 Å². The van der Waals surface area contributed by atoms with E-state index in [-0.39, 0.29) is 24.1 Å². The number of carbonyl (C=O) groups excluding carboxylic acids is 1. The fourth-order valence-corrected chi connectivity index (χ4v) is 4.45. The van der Waals surface area contributed by atoms with Gasteiger partial charge in [0.1, 0.15) is 17.3 Å². The van der Waals surface area contributed by atoms with Gasteiger partial charge in [0.25, 0.3) is 5.56 Å². The van der Waals surface area contributed by atoms with Crippen LogP contribution < -0.4 is 5.56 Å². The smallest absolute Gasteiger partial charge is 0.309 e. The zero-order chi connectivity index (χ0) is 15.3. The summed E-state index contributed by atoms with van der Waals surface area (Å²) in [7, 11) is 0. The van der Waals surface area contributed by atoms with Crippen LogP contribution in [0.1, 0.15) is 42.5 Å². The molecule has 2 aliphatic rings. The first-order valence-corrected chi connectivity index (χ1v) is 8.65. The van der Waals surface area contributed by atoms with Crippen molar-refractivity contribution < 1.29 is 9.53 Å². The van der Waals surface area contributed by atoms with Gasteiger partial charge in [-0.3, -0.25) is 9.59 Å². The Kier molecular flexibility index (Phi) is 3.29. The molecule has 0 aliphatic heterocycles. The molecule has 2 aromatic rings. The van der Waals surface area contributed by atoms with Crippen molar-refractivity contribution in [2.75, 3.05) is 0 Å². The van der Waals surface area contributed by atoms with E-state index in [1.165, 1.54) is 16.9 Å². The van der Waals surface area contributed by atoms with Crippen LogP contribution in [0.3, 0.4) is 0 Å². The SMILES string of the molecule is C[C@@H]1C[C@H]1C(=O)OCc1nc2sc3c(c2c(=O)[nH]1)CCCC3. The molecule has 0 saturated heterocycles. The monoisotopic (exact) mass is 318 g/mol. The first-order chi connectivity index (χ1) is 10.6. The first-order valence-electron chi connectivity index (χ1n) is 7.83. The molecule has 0 spiro atoms. The van der Waals surface area contributed by atoms with Crippen molar-refractivity contribution in [3.63, 3.8) is 0 Å². The fourth-order valence-electron chi connectivity index (χ4n) is 3.17. The number of hydrogen-bond donors (Lipinski definition) is 1. The standard InChI is InChI=1S/C16H18N2O3S/c1-8-6-10(8)16(20)21-7-12-17-14(19)13-9-4-2-3-5-11(9)22-15(13)18-12/h8,10H,2-7H2,1H3,(H,17,18,19)/t8-,10-/m1/s1. The number of rotatable bonds is 3. The third-order valence-corrected chi connectivity index (χ3v) is 5.82. The van der Waals surface area contributed by atoms with Crippen molar-refractivity contribution in [1.29, 1.82) is 0 Å². The average Bonchev–Trinajstić information content (AvgIpc) is 3.10. The topological polar surface area (TPSA) is 72.0 Å². The molecule has 0 bridgehead atoms. The molecular formula is C16H18N2O3S. The molecule has 116 valence electrons. The highest BCUT2D eigenvalue weighted by Gasteiger charge is 2.40. The number of fused-ring (bicyclic) bond motifs is 3. The van der Waals surface area contributed by atoms with Crippen molar-refractivity contribution in [3.05, 3.63) is 26.6 Å². The largest absolute Gasteiger partial charge is 0.457 e. The number of H-pyrrole nitrogens is 1. The van der Waals surface area contributed by atoms with E-state index in [0.717, 1.165) is 35.9 Å². The summed E-state index contributed by atoms with van der Waals surface area (Å²) in [5.41, 5.74) is 1.07. The van der Waals surface area contributed by atoms with Gasteiger partial charge in [-0.15, -0.1) is 11.3 Å². The molecule has 0 unspecified atom stereocenters. The van der Waals surface area contributed by atoms with Crippen LogP contribution in [0.4, 0.5) is 0 Å². The van der Waals surface area contributed by atoms with Crippen molar-refractivity contribution in [1.82, 2.24) is 9.97 Å². The lowest BCUT2D eigenvalue weighted by molar-refractivity contribution is -0.147. The van der Waals surface area contributed by atoms with Gasteiger partial charge in [-0.25, -0.2) is 4.98 Å². The molecule has 2 aromatic heterocycles. The molecule has 2 atom stereocenters. The number of nitrogens with zero attached hydrogens (tertiary/aromatic N) is 1. The van der Waals surface area contributed by atoms with Crippen LogP contribution in [-0.2, 0) is 29.0 Å². The highest BCUT2D eigenvalue weighted by molar-refractivity contribution is 7.18. The van der Waals surface area contributed by atoms with E-state index in [2.05, 4.69) is 9.97 Å². The van der Waals surface area contributed by atoms with Crippen molar-refractivity contribution in [3.8, 4) is 0 Å². The second-order valence-electron chi connectivity index (χ2n) is 6.33. The highest BCUT2D eigenvalue weighted by atomic mass is 32.1. The molecule has 2 heterocycles. The maximum Gasteiger partial charge on any atom is 0.309 e. The minimum atomic E-state index is -0.180. The number of thiophene rings is 1. The maximum atomic E-state index is 12.3. The predicted octanol–water partition coefficient (Wildman–Crippen LogP) is 2.56. The lowest BCUT2D eigenvalue weighted by Gasteiger charge is -2.09. The van der Waals surface area contributed by atoms with Crippen LogP contribution >= 0.6 is 11.3 Å². The number of aromatic amines is 1. The molecule has 22 heavy (non-hydrogen) atoms. The molecule has 2 aliphatic carbocycles. The van der Waals surface area contributed by atoms with E-state index >= 15 is 0 Å². The van der Waals surface area contributed by atoms with E-state index in [1.54, 1.807) is 11.3 Å². The van der Waals surface area contributed by atoms with E-state index in [0.29, 0.717) is 11.7 Å². The Balaban J connectivity index is 1.60. The number of carbonyl (C=O) groups is 1. The summed E-state index contributed by atoms with van der Waals surface area (Å²) in [6, 6.07) is 0. The summed E-state index contributed by atoms with van der Waals surface area (Å²) in [4.78, 5) is 33.4. The van der Waals surface area contributed by atoms with E-state index in [9.17, 15) is 9.59 Å². The number of esters is 1. The Morgan fingerprint density at radius 3 is 2.95 bits per heavy atom. The first kappa shape index (κ1) is 13.9. The van der Waals surface area contributed by atoms with Crippen LogP contribution in [-0.4, -0.2) is 15.9 Å². The summed E-state index contributed by atoms with van der Waals surface area (Å²) in [6.45, 7) is 2.09. The molecule has 4 rings (SSSR count). The Labute approximate surface area is 131 Å². The Bertz CT molecular complexity index is 808. The third-order valence-electron chi connectivity index (χ3n) is 4.64. The van der Waals surface area contributed by atoms with Crippen LogP contribution in [0, 0.1) is 11.8 Å². The van der Waals surface area contributed by atoms with Gasteiger partial charge < -0.3 is 9.72 Å². The molecule has 1 saturated carbocycles. The zero-order valence-electron chi connectivity index (χ0n) is 12.5. The minimum Gasteiger partial charge on any atom is -0.457 e. The van der Waals surface area contributed by atoms with Gasteiger partial charge in [0, 0.05) is 4.88 Å². The van der Waals surface area contributed by atoms with Crippen molar-refractivity contribution in [2.45, 2.75) is 45.6 Å². The molecule has 6 heteroatoms. The summed E-state index contributed by atoms with van der Waals surface area (Å²) < 4.78 is 5.26. The van der Waals surface area contributed by atoms with Gasteiger partial charge in [-0.05, 0) is 43.6 Å². The molecule has 0 aromatic carbocycles. The molecular weight excluding hydrogens is 300 g/mol. The van der Waals surface area contributed by atoms with Gasteiger partial charge in [0.05, 0.1) is 11.3 Å².